The number of para-hydroxylation sites is 1. The Morgan fingerprint density at radius 3 is 2.46 bits per heavy atom. The van der Waals surface area contributed by atoms with Crippen LogP contribution in [0.2, 0.25) is 0 Å². The molecule has 1 atom stereocenters. The van der Waals surface area contributed by atoms with Gasteiger partial charge in [0, 0.05) is 5.69 Å². The van der Waals surface area contributed by atoms with E-state index in [2.05, 4.69) is 5.32 Å². The van der Waals surface area contributed by atoms with Crippen molar-refractivity contribution in [1.82, 2.24) is 0 Å². The number of esters is 1. The highest BCUT2D eigenvalue weighted by Crippen LogP contribution is 2.18. The molecule has 2 rings (SSSR count). The van der Waals surface area contributed by atoms with E-state index in [-0.39, 0.29) is 12.5 Å². The number of anilines is 1. The summed E-state index contributed by atoms with van der Waals surface area (Å²) in [5.74, 6) is -0.356. The standard InChI is InChI=1S/C19H21NO4/c1-13-9-10-17(14(2)11-13)23-12-18(21)24-15(3)19(22)20-16-7-5-4-6-8-16/h4-11,15H,12H2,1-3H3,(H,20,22)/t15-/m1/s1. The molecule has 1 N–H and O–H groups in total. The first-order chi connectivity index (χ1) is 11.5. The second kappa shape index (κ2) is 8.15. The van der Waals surface area contributed by atoms with Crippen LogP contribution < -0.4 is 10.1 Å². The smallest absolute Gasteiger partial charge is 0.344 e. The van der Waals surface area contributed by atoms with Crippen molar-refractivity contribution in [3.05, 3.63) is 59.7 Å². The first-order valence-electron chi connectivity index (χ1n) is 7.71. The van der Waals surface area contributed by atoms with Crippen LogP contribution in [0.15, 0.2) is 48.5 Å². The Bertz CT molecular complexity index is 713. The van der Waals surface area contributed by atoms with Gasteiger partial charge in [0.25, 0.3) is 5.91 Å². The van der Waals surface area contributed by atoms with Crippen LogP contribution in [-0.2, 0) is 14.3 Å². The van der Waals surface area contributed by atoms with E-state index in [1.165, 1.54) is 6.92 Å². The predicted molar refractivity (Wildman–Crippen MR) is 92.0 cm³/mol. The molecule has 2 aromatic carbocycles. The molecule has 0 unspecified atom stereocenters. The van der Waals surface area contributed by atoms with Crippen molar-refractivity contribution >= 4 is 17.6 Å². The van der Waals surface area contributed by atoms with Crippen molar-refractivity contribution in [3.8, 4) is 5.75 Å². The van der Waals surface area contributed by atoms with E-state index in [4.69, 9.17) is 9.47 Å². The van der Waals surface area contributed by atoms with Gasteiger partial charge in [0.2, 0.25) is 0 Å². The molecule has 0 aliphatic rings. The van der Waals surface area contributed by atoms with E-state index >= 15 is 0 Å². The molecule has 5 nitrogen and oxygen atoms in total. The maximum Gasteiger partial charge on any atom is 0.344 e. The fraction of sp³-hybridized carbons (Fsp3) is 0.263. The minimum Gasteiger partial charge on any atom is -0.482 e. The quantitative estimate of drug-likeness (QED) is 0.827. The zero-order valence-corrected chi connectivity index (χ0v) is 14.0. The Morgan fingerprint density at radius 2 is 1.79 bits per heavy atom. The molecular weight excluding hydrogens is 306 g/mol. The van der Waals surface area contributed by atoms with Gasteiger partial charge in [0.05, 0.1) is 0 Å². The highest BCUT2D eigenvalue weighted by atomic mass is 16.6. The van der Waals surface area contributed by atoms with Crippen LogP contribution in [0.5, 0.6) is 5.75 Å². The average Bonchev–Trinajstić information content (AvgIpc) is 2.55. The SMILES string of the molecule is Cc1ccc(OCC(=O)O[C@H](C)C(=O)Nc2ccccc2)c(C)c1. The topological polar surface area (TPSA) is 64.6 Å². The van der Waals surface area contributed by atoms with Crippen LogP contribution in [0.25, 0.3) is 0 Å². The highest BCUT2D eigenvalue weighted by molar-refractivity contribution is 5.95. The summed E-state index contributed by atoms with van der Waals surface area (Å²) < 4.78 is 10.5. The van der Waals surface area contributed by atoms with Gasteiger partial charge in [0.1, 0.15) is 5.75 Å². The molecule has 0 radical (unpaired) electrons. The lowest BCUT2D eigenvalue weighted by atomic mass is 10.1. The molecule has 5 heteroatoms. The lowest BCUT2D eigenvalue weighted by Crippen LogP contribution is -2.31. The van der Waals surface area contributed by atoms with Gasteiger partial charge in [-0.05, 0) is 44.5 Å². The van der Waals surface area contributed by atoms with Crippen LogP contribution in [0.1, 0.15) is 18.1 Å². The van der Waals surface area contributed by atoms with E-state index in [1.807, 2.05) is 50.2 Å². The van der Waals surface area contributed by atoms with E-state index < -0.39 is 12.1 Å². The number of hydrogen-bond donors (Lipinski definition) is 1. The van der Waals surface area contributed by atoms with Gasteiger partial charge in [-0.25, -0.2) is 4.79 Å². The second-order valence-corrected chi connectivity index (χ2v) is 5.54. The van der Waals surface area contributed by atoms with Crippen LogP contribution in [0, 0.1) is 13.8 Å². The molecule has 0 bridgehead atoms. The Balaban J connectivity index is 1.81. The van der Waals surface area contributed by atoms with E-state index in [9.17, 15) is 9.59 Å². The zero-order valence-electron chi connectivity index (χ0n) is 14.0. The summed E-state index contributed by atoms with van der Waals surface area (Å²) in [4.78, 5) is 23.8. The van der Waals surface area contributed by atoms with E-state index in [0.717, 1.165) is 11.1 Å². The molecule has 126 valence electrons. The number of carbonyl (C=O) groups excluding carboxylic acids is 2. The molecule has 0 fully saturated rings. The lowest BCUT2D eigenvalue weighted by molar-refractivity contribution is -0.155. The van der Waals surface area contributed by atoms with Gasteiger partial charge in [-0.15, -0.1) is 0 Å². The first kappa shape index (κ1) is 17.5. The summed E-state index contributed by atoms with van der Waals surface area (Å²) in [6.45, 7) is 5.17. The maximum atomic E-state index is 12.0. The summed E-state index contributed by atoms with van der Waals surface area (Å²) in [5, 5.41) is 2.68. The summed E-state index contributed by atoms with van der Waals surface area (Å²) in [6.07, 6.45) is -0.902. The number of carbonyl (C=O) groups is 2. The molecule has 0 heterocycles. The van der Waals surface area contributed by atoms with Gasteiger partial charge < -0.3 is 14.8 Å². The Labute approximate surface area is 141 Å². The van der Waals surface area contributed by atoms with Crippen molar-refractivity contribution in [2.24, 2.45) is 0 Å². The Hall–Kier alpha value is -2.82. The van der Waals surface area contributed by atoms with Gasteiger partial charge >= 0.3 is 5.97 Å². The Morgan fingerprint density at radius 1 is 1.08 bits per heavy atom. The fourth-order valence-corrected chi connectivity index (χ4v) is 2.15. The van der Waals surface area contributed by atoms with Gasteiger partial charge in [-0.1, -0.05) is 35.9 Å². The average molecular weight is 327 g/mol. The van der Waals surface area contributed by atoms with Crippen molar-refractivity contribution in [2.45, 2.75) is 26.9 Å². The van der Waals surface area contributed by atoms with Crippen molar-refractivity contribution in [3.63, 3.8) is 0 Å². The van der Waals surface area contributed by atoms with E-state index in [1.54, 1.807) is 12.1 Å². The second-order valence-electron chi connectivity index (χ2n) is 5.54. The number of nitrogens with one attached hydrogen (secondary N) is 1. The molecule has 0 aliphatic heterocycles. The predicted octanol–water partition coefficient (Wildman–Crippen LogP) is 3.25. The lowest BCUT2D eigenvalue weighted by Gasteiger charge is -2.14. The van der Waals surface area contributed by atoms with Crippen LogP contribution >= 0.6 is 0 Å². The molecule has 0 spiro atoms. The molecule has 24 heavy (non-hydrogen) atoms. The molecule has 0 aromatic heterocycles. The number of aryl methyl sites for hydroxylation is 2. The van der Waals surface area contributed by atoms with Crippen LogP contribution in [0.3, 0.4) is 0 Å². The van der Waals surface area contributed by atoms with Gasteiger partial charge in [-0.2, -0.15) is 0 Å². The third-order valence-electron chi connectivity index (χ3n) is 3.39. The third-order valence-corrected chi connectivity index (χ3v) is 3.39. The molecular formula is C19H21NO4. The van der Waals surface area contributed by atoms with Crippen molar-refractivity contribution in [1.29, 1.82) is 0 Å². The molecule has 0 saturated heterocycles. The minimum absolute atomic E-state index is 0.243. The summed E-state index contributed by atoms with van der Waals surface area (Å²) in [6, 6.07) is 14.7. The van der Waals surface area contributed by atoms with Crippen molar-refractivity contribution in [2.75, 3.05) is 11.9 Å². The fourth-order valence-electron chi connectivity index (χ4n) is 2.15. The number of benzene rings is 2. The van der Waals surface area contributed by atoms with Gasteiger partial charge in [-0.3, -0.25) is 4.79 Å². The minimum atomic E-state index is -0.902. The molecule has 1 amide bonds. The summed E-state index contributed by atoms with van der Waals surface area (Å²) in [7, 11) is 0. The largest absolute Gasteiger partial charge is 0.482 e. The van der Waals surface area contributed by atoms with Crippen molar-refractivity contribution < 1.29 is 19.1 Å². The van der Waals surface area contributed by atoms with E-state index in [0.29, 0.717) is 11.4 Å². The van der Waals surface area contributed by atoms with Crippen LogP contribution in [-0.4, -0.2) is 24.6 Å². The number of amides is 1. The molecule has 0 aliphatic carbocycles. The Kier molecular flexibility index (Phi) is 5.95. The number of rotatable bonds is 6. The third kappa shape index (κ3) is 5.12. The normalized spacial score (nSPS) is 11.5. The summed E-state index contributed by atoms with van der Waals surface area (Å²) in [5.41, 5.74) is 2.71. The number of ether oxygens (including phenoxy) is 2. The van der Waals surface area contributed by atoms with Gasteiger partial charge in [0.15, 0.2) is 12.7 Å². The first-order valence-corrected chi connectivity index (χ1v) is 7.71. The van der Waals surface area contributed by atoms with Crippen LogP contribution in [0.4, 0.5) is 5.69 Å². The monoisotopic (exact) mass is 327 g/mol. The highest BCUT2D eigenvalue weighted by Gasteiger charge is 2.18. The maximum absolute atomic E-state index is 12.0. The summed E-state index contributed by atoms with van der Waals surface area (Å²) >= 11 is 0. The molecule has 2 aromatic rings. The molecule has 0 saturated carbocycles. The number of hydrogen-bond acceptors (Lipinski definition) is 4. The zero-order chi connectivity index (χ0) is 17.5.